The molecule has 1 aromatic heterocycles. The predicted molar refractivity (Wildman–Crippen MR) is 74.7 cm³/mol. The second-order valence-electron chi connectivity index (χ2n) is 5.56. The predicted octanol–water partition coefficient (Wildman–Crippen LogP) is 1.49. The van der Waals surface area contributed by atoms with Crippen LogP contribution in [0, 0.1) is 12.8 Å². The van der Waals surface area contributed by atoms with Gasteiger partial charge < -0.3 is 15.0 Å². The molecule has 0 fully saturated rings. The number of aryl methyl sites for hydroxylation is 2. The van der Waals surface area contributed by atoms with Gasteiger partial charge in [0, 0.05) is 31.9 Å². The van der Waals surface area contributed by atoms with Crippen molar-refractivity contribution in [1.29, 1.82) is 0 Å². The van der Waals surface area contributed by atoms with Gasteiger partial charge in [0.2, 0.25) is 5.91 Å². The molecule has 5 nitrogen and oxygen atoms in total. The van der Waals surface area contributed by atoms with Crippen molar-refractivity contribution in [3.63, 3.8) is 0 Å². The van der Waals surface area contributed by atoms with Gasteiger partial charge in [-0.05, 0) is 26.2 Å². The van der Waals surface area contributed by atoms with Gasteiger partial charge in [-0.25, -0.2) is 4.98 Å². The van der Waals surface area contributed by atoms with Crippen LogP contribution in [0.2, 0.25) is 0 Å². The number of rotatable bonds is 7. The lowest BCUT2D eigenvalue weighted by molar-refractivity contribution is -0.122. The van der Waals surface area contributed by atoms with E-state index in [0.29, 0.717) is 13.0 Å². The Morgan fingerprint density at radius 1 is 1.58 bits per heavy atom. The van der Waals surface area contributed by atoms with Crippen molar-refractivity contribution < 1.29 is 9.90 Å². The van der Waals surface area contributed by atoms with Crippen LogP contribution in [0.3, 0.4) is 0 Å². The Hall–Kier alpha value is -1.36. The average molecular weight is 267 g/mol. The number of carbonyl (C=O) groups excluding carboxylic acids is 1. The summed E-state index contributed by atoms with van der Waals surface area (Å²) < 4.78 is 2.03. The van der Waals surface area contributed by atoms with Gasteiger partial charge >= 0.3 is 0 Å². The SMILES string of the molecule is Cc1nccn1CCCC(=O)NCC(C)(O)C(C)C. The summed E-state index contributed by atoms with van der Waals surface area (Å²) >= 11 is 0. The van der Waals surface area contributed by atoms with Gasteiger partial charge in [0.05, 0.1) is 5.60 Å². The van der Waals surface area contributed by atoms with E-state index in [9.17, 15) is 9.90 Å². The fourth-order valence-electron chi connectivity index (χ4n) is 1.62. The highest BCUT2D eigenvalue weighted by molar-refractivity contribution is 5.75. The Morgan fingerprint density at radius 2 is 2.26 bits per heavy atom. The third-order valence-electron chi connectivity index (χ3n) is 3.61. The van der Waals surface area contributed by atoms with Gasteiger partial charge in [-0.3, -0.25) is 4.79 Å². The molecule has 0 bridgehead atoms. The summed E-state index contributed by atoms with van der Waals surface area (Å²) in [5, 5.41) is 12.8. The summed E-state index contributed by atoms with van der Waals surface area (Å²) in [6, 6.07) is 0. The Morgan fingerprint density at radius 3 is 2.79 bits per heavy atom. The van der Waals surface area contributed by atoms with E-state index in [2.05, 4.69) is 10.3 Å². The molecule has 1 heterocycles. The molecule has 0 saturated heterocycles. The van der Waals surface area contributed by atoms with Crippen LogP contribution in [-0.2, 0) is 11.3 Å². The maximum Gasteiger partial charge on any atom is 0.220 e. The van der Waals surface area contributed by atoms with Crippen molar-refractivity contribution in [2.75, 3.05) is 6.54 Å². The van der Waals surface area contributed by atoms with Crippen LogP contribution >= 0.6 is 0 Å². The first kappa shape index (κ1) is 15.7. The van der Waals surface area contributed by atoms with Gasteiger partial charge in [-0.15, -0.1) is 0 Å². The smallest absolute Gasteiger partial charge is 0.220 e. The summed E-state index contributed by atoms with van der Waals surface area (Å²) in [5.74, 6) is 1.06. The molecule has 0 saturated carbocycles. The second-order valence-corrected chi connectivity index (χ2v) is 5.56. The number of imidazole rings is 1. The minimum absolute atomic E-state index is 0.0151. The molecule has 108 valence electrons. The second kappa shape index (κ2) is 6.70. The monoisotopic (exact) mass is 267 g/mol. The molecule has 0 spiro atoms. The summed E-state index contributed by atoms with van der Waals surface area (Å²) in [4.78, 5) is 15.8. The van der Waals surface area contributed by atoms with Crippen LogP contribution < -0.4 is 5.32 Å². The van der Waals surface area contributed by atoms with Crippen LogP contribution in [-0.4, -0.2) is 32.7 Å². The highest BCUT2D eigenvalue weighted by Gasteiger charge is 2.25. The quantitative estimate of drug-likeness (QED) is 0.786. The first-order chi connectivity index (χ1) is 8.83. The highest BCUT2D eigenvalue weighted by Crippen LogP contribution is 2.14. The molecular formula is C14H25N3O2. The molecular weight excluding hydrogens is 242 g/mol. The van der Waals surface area contributed by atoms with Crippen molar-refractivity contribution in [2.45, 2.75) is 52.7 Å². The molecule has 0 aromatic carbocycles. The molecule has 19 heavy (non-hydrogen) atoms. The van der Waals surface area contributed by atoms with Gasteiger partial charge in [0.1, 0.15) is 5.82 Å². The van der Waals surface area contributed by atoms with Crippen LogP contribution in [0.4, 0.5) is 0 Å². The molecule has 1 rings (SSSR count). The summed E-state index contributed by atoms with van der Waals surface area (Å²) in [5.41, 5.74) is -0.851. The lowest BCUT2D eigenvalue weighted by Gasteiger charge is -2.27. The molecule has 0 aliphatic heterocycles. The van der Waals surface area contributed by atoms with E-state index < -0.39 is 5.60 Å². The summed E-state index contributed by atoms with van der Waals surface area (Å²) in [6.45, 7) is 8.65. The maximum absolute atomic E-state index is 11.7. The van der Waals surface area contributed by atoms with Crippen molar-refractivity contribution >= 4 is 5.91 Å². The number of carbonyl (C=O) groups is 1. The third-order valence-corrected chi connectivity index (χ3v) is 3.61. The average Bonchev–Trinajstić information content (AvgIpc) is 2.72. The lowest BCUT2D eigenvalue weighted by Crippen LogP contribution is -2.44. The molecule has 5 heteroatoms. The fourth-order valence-corrected chi connectivity index (χ4v) is 1.62. The zero-order valence-corrected chi connectivity index (χ0v) is 12.3. The lowest BCUT2D eigenvalue weighted by atomic mass is 9.92. The minimum atomic E-state index is -0.851. The van der Waals surface area contributed by atoms with Gasteiger partial charge in [0.15, 0.2) is 0 Å². The fraction of sp³-hybridized carbons (Fsp3) is 0.714. The Kier molecular flexibility index (Phi) is 5.54. The van der Waals surface area contributed by atoms with Crippen molar-refractivity contribution in [3.05, 3.63) is 18.2 Å². The van der Waals surface area contributed by atoms with Gasteiger partial charge in [0.25, 0.3) is 0 Å². The summed E-state index contributed by atoms with van der Waals surface area (Å²) in [6.07, 6.45) is 4.91. The van der Waals surface area contributed by atoms with E-state index in [1.54, 1.807) is 13.1 Å². The Labute approximate surface area is 115 Å². The van der Waals surface area contributed by atoms with E-state index in [4.69, 9.17) is 0 Å². The normalized spacial score (nSPS) is 14.4. The number of nitrogens with zero attached hydrogens (tertiary/aromatic N) is 2. The molecule has 1 unspecified atom stereocenters. The third kappa shape index (κ3) is 5.03. The van der Waals surface area contributed by atoms with Gasteiger partial charge in [-0.1, -0.05) is 13.8 Å². The zero-order chi connectivity index (χ0) is 14.5. The van der Waals surface area contributed by atoms with Gasteiger partial charge in [-0.2, -0.15) is 0 Å². The summed E-state index contributed by atoms with van der Waals surface area (Å²) in [7, 11) is 0. The zero-order valence-electron chi connectivity index (χ0n) is 12.3. The number of amides is 1. The standard InChI is InChI=1S/C14H25N3O2/c1-11(2)14(4,19)10-16-13(18)6-5-8-17-9-7-15-12(17)3/h7,9,11,19H,5-6,8,10H2,1-4H3,(H,16,18). The Balaban J connectivity index is 2.24. The topological polar surface area (TPSA) is 67.2 Å². The maximum atomic E-state index is 11.7. The van der Waals surface area contributed by atoms with E-state index in [-0.39, 0.29) is 11.8 Å². The molecule has 0 aliphatic rings. The first-order valence-electron chi connectivity index (χ1n) is 6.79. The number of aromatic nitrogens is 2. The van der Waals surface area contributed by atoms with E-state index in [1.807, 2.05) is 31.5 Å². The number of hydrogen-bond acceptors (Lipinski definition) is 3. The molecule has 0 radical (unpaired) electrons. The van der Waals surface area contributed by atoms with Crippen LogP contribution in [0.1, 0.15) is 39.4 Å². The van der Waals surface area contributed by atoms with Crippen molar-refractivity contribution in [1.82, 2.24) is 14.9 Å². The van der Waals surface area contributed by atoms with Crippen molar-refractivity contribution in [3.8, 4) is 0 Å². The van der Waals surface area contributed by atoms with Crippen LogP contribution in [0.15, 0.2) is 12.4 Å². The van der Waals surface area contributed by atoms with E-state index in [0.717, 1.165) is 18.8 Å². The van der Waals surface area contributed by atoms with E-state index in [1.165, 1.54) is 0 Å². The first-order valence-corrected chi connectivity index (χ1v) is 6.79. The van der Waals surface area contributed by atoms with Crippen molar-refractivity contribution in [2.24, 2.45) is 5.92 Å². The minimum Gasteiger partial charge on any atom is -0.388 e. The van der Waals surface area contributed by atoms with E-state index >= 15 is 0 Å². The number of hydrogen-bond donors (Lipinski definition) is 2. The highest BCUT2D eigenvalue weighted by atomic mass is 16.3. The number of nitrogens with one attached hydrogen (secondary N) is 1. The molecule has 1 atom stereocenters. The van der Waals surface area contributed by atoms with Crippen LogP contribution in [0.25, 0.3) is 0 Å². The molecule has 2 N–H and O–H groups in total. The molecule has 0 aliphatic carbocycles. The molecule has 1 aromatic rings. The Bertz CT molecular complexity index is 411. The van der Waals surface area contributed by atoms with Crippen LogP contribution in [0.5, 0.6) is 0 Å². The number of aliphatic hydroxyl groups is 1. The molecule has 1 amide bonds. The largest absolute Gasteiger partial charge is 0.388 e.